The van der Waals surface area contributed by atoms with Gasteiger partial charge in [0.25, 0.3) is 0 Å². The molecule has 1 N–H and O–H groups in total. The zero-order chi connectivity index (χ0) is 21.8. The Labute approximate surface area is 186 Å². The number of ether oxygens (including phenoxy) is 1. The highest BCUT2D eigenvalue weighted by molar-refractivity contribution is 7.17. The van der Waals surface area contributed by atoms with E-state index in [0.717, 1.165) is 17.5 Å². The number of benzene rings is 3. The van der Waals surface area contributed by atoms with E-state index in [1.807, 2.05) is 12.1 Å². The van der Waals surface area contributed by atoms with Gasteiger partial charge in [-0.1, -0.05) is 62.4 Å². The molecule has 0 unspecified atom stereocenters. The van der Waals surface area contributed by atoms with Crippen LogP contribution in [0.4, 0.5) is 0 Å². The van der Waals surface area contributed by atoms with E-state index in [2.05, 4.69) is 73.8 Å². The molecule has 0 saturated carbocycles. The van der Waals surface area contributed by atoms with Crippen molar-refractivity contribution in [1.29, 1.82) is 0 Å². The monoisotopic (exact) mass is 430 g/mol. The summed E-state index contributed by atoms with van der Waals surface area (Å²) in [6.07, 6.45) is 1.71. The Bertz CT molecular complexity index is 1210. The highest BCUT2D eigenvalue weighted by Gasteiger charge is 2.14. The summed E-state index contributed by atoms with van der Waals surface area (Å²) in [6, 6.07) is 23.0. The fourth-order valence-corrected chi connectivity index (χ4v) is 4.92. The van der Waals surface area contributed by atoms with Crippen molar-refractivity contribution in [2.75, 3.05) is 6.61 Å². The molecule has 0 saturated heterocycles. The van der Waals surface area contributed by atoms with Crippen molar-refractivity contribution in [3.63, 3.8) is 0 Å². The topological polar surface area (TPSA) is 46.5 Å². The summed E-state index contributed by atoms with van der Waals surface area (Å²) in [6.45, 7) is 4.11. The first-order valence-corrected chi connectivity index (χ1v) is 11.4. The predicted octanol–water partition coefficient (Wildman–Crippen LogP) is 6.82. The van der Waals surface area contributed by atoms with Crippen molar-refractivity contribution in [3.8, 4) is 16.9 Å². The van der Waals surface area contributed by atoms with Gasteiger partial charge in [0.05, 0.1) is 0 Å². The smallest absolute Gasteiger partial charge is 0.341 e. The molecule has 0 aliphatic carbocycles. The van der Waals surface area contributed by atoms with Crippen LogP contribution >= 0.6 is 11.3 Å². The molecule has 4 heteroatoms. The summed E-state index contributed by atoms with van der Waals surface area (Å²) in [5.41, 5.74) is 5.91. The first kappa shape index (κ1) is 21.1. The van der Waals surface area contributed by atoms with Crippen LogP contribution in [0.1, 0.15) is 30.5 Å². The van der Waals surface area contributed by atoms with Gasteiger partial charge in [-0.3, -0.25) is 0 Å². The van der Waals surface area contributed by atoms with Crippen molar-refractivity contribution in [3.05, 3.63) is 88.8 Å². The van der Waals surface area contributed by atoms with Crippen LogP contribution in [0, 0.1) is 5.92 Å². The molecule has 0 amide bonds. The molecule has 1 aromatic heterocycles. The third-order valence-corrected chi connectivity index (χ3v) is 6.32. The lowest BCUT2D eigenvalue weighted by Crippen LogP contribution is -2.10. The third kappa shape index (κ3) is 4.97. The summed E-state index contributed by atoms with van der Waals surface area (Å²) in [5.74, 6) is 0.219. The largest absolute Gasteiger partial charge is 0.482 e. The lowest BCUT2D eigenvalue weighted by molar-refractivity contribution is -0.139. The van der Waals surface area contributed by atoms with Crippen LogP contribution in [0.2, 0.25) is 0 Å². The number of carbonyl (C=O) groups is 1. The minimum absolute atomic E-state index is 0.347. The summed E-state index contributed by atoms with van der Waals surface area (Å²) in [5, 5.41) is 12.5. The summed E-state index contributed by atoms with van der Waals surface area (Å²) in [4.78, 5) is 11.1. The first-order chi connectivity index (χ1) is 15.0. The van der Waals surface area contributed by atoms with Crippen LogP contribution in [-0.2, 0) is 17.6 Å². The first-order valence-electron chi connectivity index (χ1n) is 10.5. The van der Waals surface area contributed by atoms with Gasteiger partial charge in [0, 0.05) is 11.1 Å². The Morgan fingerprint density at radius 2 is 1.74 bits per heavy atom. The average Bonchev–Trinajstić information content (AvgIpc) is 3.16. The van der Waals surface area contributed by atoms with E-state index in [4.69, 9.17) is 9.84 Å². The van der Waals surface area contributed by atoms with Crippen molar-refractivity contribution in [1.82, 2.24) is 0 Å². The molecule has 1 heterocycles. The molecule has 0 radical (unpaired) electrons. The molecule has 0 aliphatic heterocycles. The van der Waals surface area contributed by atoms with Crippen molar-refractivity contribution >= 4 is 27.4 Å². The molecular weight excluding hydrogens is 404 g/mol. The third-order valence-electron chi connectivity index (χ3n) is 5.31. The summed E-state index contributed by atoms with van der Waals surface area (Å²) in [7, 11) is 0. The molecule has 0 aliphatic rings. The number of hydrogen-bond acceptors (Lipinski definition) is 3. The van der Waals surface area contributed by atoms with Gasteiger partial charge in [-0.2, -0.15) is 0 Å². The molecule has 31 heavy (non-hydrogen) atoms. The molecule has 4 aromatic rings. The van der Waals surface area contributed by atoms with E-state index < -0.39 is 5.97 Å². The Morgan fingerprint density at radius 1 is 0.968 bits per heavy atom. The van der Waals surface area contributed by atoms with Crippen LogP contribution in [-0.4, -0.2) is 17.7 Å². The Kier molecular flexibility index (Phi) is 6.38. The molecule has 0 atom stereocenters. The predicted molar refractivity (Wildman–Crippen MR) is 128 cm³/mol. The zero-order valence-electron chi connectivity index (χ0n) is 17.8. The average molecular weight is 431 g/mol. The zero-order valence-corrected chi connectivity index (χ0v) is 18.6. The molecule has 0 bridgehead atoms. The van der Waals surface area contributed by atoms with E-state index in [1.165, 1.54) is 26.8 Å². The lowest BCUT2D eigenvalue weighted by Gasteiger charge is -2.15. The maximum atomic E-state index is 11.1. The van der Waals surface area contributed by atoms with Gasteiger partial charge < -0.3 is 9.84 Å². The standard InChI is InChI=1S/C27H26O3S/c1-18(2)13-19-7-3-4-8-23(19)20-11-12-25(30-16-27(28)29)21(14-20)15-22-17-31-26-10-6-5-9-24(22)26/h3-12,14,17-18H,13,15-16H2,1-2H3,(H,28,29). The van der Waals surface area contributed by atoms with Crippen molar-refractivity contribution < 1.29 is 14.6 Å². The number of fused-ring (bicyclic) bond motifs is 1. The van der Waals surface area contributed by atoms with Gasteiger partial charge in [0.1, 0.15) is 5.75 Å². The van der Waals surface area contributed by atoms with Crippen molar-refractivity contribution in [2.24, 2.45) is 5.92 Å². The van der Waals surface area contributed by atoms with Crippen LogP contribution in [0.3, 0.4) is 0 Å². The molecule has 3 nitrogen and oxygen atoms in total. The number of carboxylic acids is 1. The second-order valence-corrected chi connectivity index (χ2v) is 9.11. The second-order valence-electron chi connectivity index (χ2n) is 8.19. The van der Waals surface area contributed by atoms with Gasteiger partial charge in [0.2, 0.25) is 0 Å². The van der Waals surface area contributed by atoms with Crippen molar-refractivity contribution in [2.45, 2.75) is 26.7 Å². The molecular formula is C27H26O3S. The molecule has 158 valence electrons. The minimum atomic E-state index is -0.974. The number of hydrogen-bond donors (Lipinski definition) is 1. The maximum absolute atomic E-state index is 11.1. The number of carboxylic acid groups (broad SMARTS) is 1. The van der Waals surface area contributed by atoms with Crippen LogP contribution < -0.4 is 4.74 Å². The fraction of sp³-hybridized carbons (Fsp3) is 0.222. The van der Waals surface area contributed by atoms with E-state index in [-0.39, 0.29) is 6.61 Å². The highest BCUT2D eigenvalue weighted by atomic mass is 32.1. The quantitative estimate of drug-likeness (QED) is 0.334. The number of thiophene rings is 1. The SMILES string of the molecule is CC(C)Cc1ccccc1-c1ccc(OCC(=O)O)c(Cc2csc3ccccc23)c1. The highest BCUT2D eigenvalue weighted by Crippen LogP contribution is 2.34. The van der Waals surface area contributed by atoms with Crippen LogP contribution in [0.25, 0.3) is 21.2 Å². The van der Waals surface area contributed by atoms with E-state index >= 15 is 0 Å². The van der Waals surface area contributed by atoms with Gasteiger partial charge in [-0.25, -0.2) is 4.79 Å². The van der Waals surface area contributed by atoms with Gasteiger partial charge >= 0.3 is 5.97 Å². The molecule has 0 fully saturated rings. The minimum Gasteiger partial charge on any atom is -0.482 e. The van der Waals surface area contributed by atoms with E-state index in [0.29, 0.717) is 18.1 Å². The Hall–Kier alpha value is -3.11. The summed E-state index contributed by atoms with van der Waals surface area (Å²) < 4.78 is 6.90. The molecule has 4 rings (SSSR count). The van der Waals surface area contributed by atoms with Gasteiger partial charge in [0.15, 0.2) is 6.61 Å². The van der Waals surface area contributed by atoms with Gasteiger partial charge in [-0.15, -0.1) is 11.3 Å². The number of rotatable bonds is 8. The number of aliphatic carboxylic acids is 1. The van der Waals surface area contributed by atoms with Gasteiger partial charge in [-0.05, 0) is 69.1 Å². The lowest BCUT2D eigenvalue weighted by atomic mass is 9.92. The molecule has 3 aromatic carbocycles. The Balaban J connectivity index is 1.75. The fourth-order valence-electron chi connectivity index (χ4n) is 3.96. The second kappa shape index (κ2) is 9.36. The van der Waals surface area contributed by atoms with E-state index in [9.17, 15) is 4.79 Å². The normalized spacial score (nSPS) is 11.2. The maximum Gasteiger partial charge on any atom is 0.341 e. The molecule has 0 spiro atoms. The summed E-state index contributed by atoms with van der Waals surface area (Å²) >= 11 is 1.73. The Morgan fingerprint density at radius 3 is 2.55 bits per heavy atom. The van der Waals surface area contributed by atoms with Crippen LogP contribution in [0.5, 0.6) is 5.75 Å². The van der Waals surface area contributed by atoms with E-state index in [1.54, 1.807) is 11.3 Å². The van der Waals surface area contributed by atoms with Crippen LogP contribution in [0.15, 0.2) is 72.1 Å².